The Morgan fingerprint density at radius 1 is 1.47 bits per heavy atom. The molecular weight excluding hydrogens is 190 g/mol. The van der Waals surface area contributed by atoms with Crippen molar-refractivity contribution in [2.45, 2.75) is 19.4 Å². The van der Waals surface area contributed by atoms with Crippen LogP contribution in [0.2, 0.25) is 0 Å². The average molecular weight is 213 g/mol. The second-order valence-electron chi connectivity index (χ2n) is 4.40. The first kappa shape index (κ1) is 14.1. The molecule has 0 radical (unpaired) electrons. The van der Waals surface area contributed by atoms with Crippen molar-refractivity contribution in [1.82, 2.24) is 15.5 Å². The van der Waals surface area contributed by atoms with Crippen molar-refractivity contribution in [3.63, 3.8) is 0 Å². The molecule has 0 aromatic heterocycles. The van der Waals surface area contributed by atoms with Gasteiger partial charge < -0.3 is 15.5 Å². The van der Waals surface area contributed by atoms with E-state index in [1.165, 1.54) is 0 Å². The summed E-state index contributed by atoms with van der Waals surface area (Å²) in [5.41, 5.74) is -0.0197. The molecule has 0 bridgehead atoms. The van der Waals surface area contributed by atoms with Crippen LogP contribution in [0.25, 0.3) is 0 Å². The Morgan fingerprint density at radius 2 is 2.07 bits per heavy atom. The van der Waals surface area contributed by atoms with Crippen molar-refractivity contribution >= 4 is 5.91 Å². The number of likely N-dealkylation sites (N-methyl/N-ethyl adjacent to an activating group) is 1. The summed E-state index contributed by atoms with van der Waals surface area (Å²) in [6.45, 7) is 9.39. The molecule has 4 nitrogen and oxygen atoms in total. The smallest absolute Gasteiger partial charge is 0.234 e. The van der Waals surface area contributed by atoms with E-state index in [4.69, 9.17) is 0 Å². The van der Waals surface area contributed by atoms with E-state index < -0.39 is 0 Å². The third-order valence-electron chi connectivity index (χ3n) is 2.50. The minimum atomic E-state index is -0.0197. The third kappa shape index (κ3) is 6.25. The van der Waals surface area contributed by atoms with Gasteiger partial charge in [-0.25, -0.2) is 0 Å². The molecular formula is C11H23N3O. The standard InChI is InChI=1S/C11H23N3O/c1-6-7-12-8-10(15)13-9-11(2,3)14(4)5/h6,12H,1,7-9H2,2-5H3,(H,13,15). The van der Waals surface area contributed by atoms with Crippen molar-refractivity contribution in [2.75, 3.05) is 33.7 Å². The quantitative estimate of drug-likeness (QED) is 0.470. The highest BCUT2D eigenvalue weighted by atomic mass is 16.1. The van der Waals surface area contributed by atoms with Gasteiger partial charge >= 0.3 is 0 Å². The first-order valence-corrected chi connectivity index (χ1v) is 5.16. The van der Waals surface area contributed by atoms with Crippen LogP contribution in [-0.4, -0.2) is 50.1 Å². The van der Waals surface area contributed by atoms with Gasteiger partial charge in [0.25, 0.3) is 0 Å². The van der Waals surface area contributed by atoms with Crippen LogP contribution in [0.4, 0.5) is 0 Å². The summed E-state index contributed by atoms with van der Waals surface area (Å²) in [6.07, 6.45) is 1.73. The number of hydrogen-bond acceptors (Lipinski definition) is 3. The number of nitrogens with one attached hydrogen (secondary N) is 2. The zero-order chi connectivity index (χ0) is 11.9. The average Bonchev–Trinajstić information content (AvgIpc) is 2.15. The minimum Gasteiger partial charge on any atom is -0.353 e. The van der Waals surface area contributed by atoms with Crippen LogP contribution < -0.4 is 10.6 Å². The van der Waals surface area contributed by atoms with Crippen LogP contribution in [0.3, 0.4) is 0 Å². The van der Waals surface area contributed by atoms with Crippen LogP contribution in [0.15, 0.2) is 12.7 Å². The van der Waals surface area contributed by atoms with E-state index in [0.29, 0.717) is 19.6 Å². The van der Waals surface area contributed by atoms with E-state index in [1.54, 1.807) is 6.08 Å². The number of amides is 1. The number of carbonyl (C=O) groups excluding carboxylic acids is 1. The van der Waals surface area contributed by atoms with Crippen LogP contribution in [-0.2, 0) is 4.79 Å². The molecule has 0 aliphatic carbocycles. The lowest BCUT2D eigenvalue weighted by molar-refractivity contribution is -0.120. The van der Waals surface area contributed by atoms with Crippen LogP contribution in [0.1, 0.15) is 13.8 Å². The molecule has 0 aromatic rings. The van der Waals surface area contributed by atoms with Crippen molar-refractivity contribution < 1.29 is 4.79 Å². The molecule has 15 heavy (non-hydrogen) atoms. The van der Waals surface area contributed by atoms with Gasteiger partial charge in [-0.2, -0.15) is 0 Å². The molecule has 0 aliphatic rings. The zero-order valence-electron chi connectivity index (χ0n) is 10.3. The molecule has 0 aromatic carbocycles. The molecule has 0 atom stereocenters. The summed E-state index contributed by atoms with van der Waals surface area (Å²) >= 11 is 0. The molecule has 0 heterocycles. The molecule has 2 N–H and O–H groups in total. The predicted octanol–water partition coefficient (Wildman–Crippen LogP) is 0.218. The number of hydrogen-bond donors (Lipinski definition) is 2. The van der Waals surface area contributed by atoms with Crippen molar-refractivity contribution in [1.29, 1.82) is 0 Å². The lowest BCUT2D eigenvalue weighted by Crippen LogP contribution is -2.49. The van der Waals surface area contributed by atoms with E-state index >= 15 is 0 Å². The Bertz CT molecular complexity index is 212. The zero-order valence-corrected chi connectivity index (χ0v) is 10.3. The molecule has 0 saturated carbocycles. The van der Waals surface area contributed by atoms with E-state index in [0.717, 1.165) is 0 Å². The van der Waals surface area contributed by atoms with E-state index in [-0.39, 0.29) is 11.4 Å². The van der Waals surface area contributed by atoms with Gasteiger partial charge in [-0.15, -0.1) is 6.58 Å². The molecule has 0 spiro atoms. The van der Waals surface area contributed by atoms with Gasteiger partial charge in [0.05, 0.1) is 6.54 Å². The van der Waals surface area contributed by atoms with Gasteiger partial charge in [0.1, 0.15) is 0 Å². The summed E-state index contributed by atoms with van der Waals surface area (Å²) < 4.78 is 0. The first-order valence-electron chi connectivity index (χ1n) is 5.16. The Labute approximate surface area is 92.7 Å². The molecule has 0 saturated heterocycles. The second-order valence-corrected chi connectivity index (χ2v) is 4.40. The summed E-state index contributed by atoms with van der Waals surface area (Å²) in [6, 6.07) is 0. The molecule has 0 unspecified atom stereocenters. The van der Waals surface area contributed by atoms with Gasteiger partial charge in [-0.3, -0.25) is 4.79 Å². The van der Waals surface area contributed by atoms with Crippen molar-refractivity contribution in [2.24, 2.45) is 0 Å². The van der Waals surface area contributed by atoms with Gasteiger partial charge in [-0.05, 0) is 27.9 Å². The van der Waals surface area contributed by atoms with Gasteiger partial charge in [0.15, 0.2) is 0 Å². The Hall–Kier alpha value is -0.870. The summed E-state index contributed by atoms with van der Waals surface area (Å²) in [5, 5.41) is 5.84. The largest absolute Gasteiger partial charge is 0.353 e. The maximum absolute atomic E-state index is 11.4. The molecule has 0 rings (SSSR count). The summed E-state index contributed by atoms with van der Waals surface area (Å²) in [5.74, 6) is 0.0202. The molecule has 0 fully saturated rings. The fourth-order valence-electron chi connectivity index (χ4n) is 0.823. The second kappa shape index (κ2) is 6.58. The lowest BCUT2D eigenvalue weighted by atomic mass is 10.0. The Balaban J connectivity index is 3.75. The lowest BCUT2D eigenvalue weighted by Gasteiger charge is -2.32. The first-order chi connectivity index (χ1) is 6.90. The molecule has 0 aliphatic heterocycles. The molecule has 88 valence electrons. The molecule has 1 amide bonds. The predicted molar refractivity (Wildman–Crippen MR) is 63.8 cm³/mol. The minimum absolute atomic E-state index is 0.0197. The summed E-state index contributed by atoms with van der Waals surface area (Å²) in [4.78, 5) is 13.4. The van der Waals surface area contributed by atoms with Crippen LogP contribution in [0, 0.1) is 0 Å². The number of rotatable bonds is 7. The van der Waals surface area contributed by atoms with Gasteiger partial charge in [0, 0.05) is 18.6 Å². The van der Waals surface area contributed by atoms with Gasteiger partial charge in [-0.1, -0.05) is 6.08 Å². The highest BCUT2D eigenvalue weighted by Crippen LogP contribution is 2.07. The topological polar surface area (TPSA) is 44.4 Å². The number of carbonyl (C=O) groups is 1. The van der Waals surface area contributed by atoms with E-state index in [9.17, 15) is 4.79 Å². The monoisotopic (exact) mass is 213 g/mol. The van der Waals surface area contributed by atoms with E-state index in [1.807, 2.05) is 14.1 Å². The van der Waals surface area contributed by atoms with Gasteiger partial charge in [0.2, 0.25) is 5.91 Å². The van der Waals surface area contributed by atoms with Crippen molar-refractivity contribution in [3.8, 4) is 0 Å². The van der Waals surface area contributed by atoms with Crippen molar-refractivity contribution in [3.05, 3.63) is 12.7 Å². The third-order valence-corrected chi connectivity index (χ3v) is 2.50. The fourth-order valence-corrected chi connectivity index (χ4v) is 0.823. The highest BCUT2D eigenvalue weighted by Gasteiger charge is 2.20. The summed E-state index contributed by atoms with van der Waals surface area (Å²) in [7, 11) is 4.00. The van der Waals surface area contributed by atoms with Crippen LogP contribution in [0.5, 0.6) is 0 Å². The maximum atomic E-state index is 11.4. The Morgan fingerprint density at radius 3 is 2.53 bits per heavy atom. The van der Waals surface area contributed by atoms with E-state index in [2.05, 4.69) is 36.0 Å². The Kier molecular flexibility index (Phi) is 6.20. The SMILES string of the molecule is C=CCNCC(=O)NCC(C)(C)N(C)C. The fraction of sp³-hybridized carbons (Fsp3) is 0.727. The van der Waals surface area contributed by atoms with Crippen LogP contribution >= 0.6 is 0 Å². The normalized spacial score (nSPS) is 11.5. The maximum Gasteiger partial charge on any atom is 0.234 e. The number of nitrogens with zero attached hydrogens (tertiary/aromatic N) is 1. The highest BCUT2D eigenvalue weighted by molar-refractivity contribution is 5.78. The molecule has 4 heteroatoms.